The average Bonchev–Trinajstić information content (AvgIpc) is 3.12. The molecule has 0 atom stereocenters. The van der Waals surface area contributed by atoms with Gasteiger partial charge in [0.25, 0.3) is 5.91 Å². The molecule has 3 aromatic rings. The number of anilines is 1. The molecule has 6 nitrogen and oxygen atoms in total. The van der Waals surface area contributed by atoms with Crippen LogP contribution in [0.25, 0.3) is 0 Å². The van der Waals surface area contributed by atoms with Crippen molar-refractivity contribution in [3.8, 4) is 11.5 Å². The van der Waals surface area contributed by atoms with Crippen LogP contribution in [0.4, 0.5) is 5.69 Å². The molecule has 2 aromatic carbocycles. The number of aromatic amines is 1. The molecule has 1 amide bonds. The maximum Gasteiger partial charge on any atom is 0.276 e. The molecule has 0 saturated heterocycles. The first-order valence-corrected chi connectivity index (χ1v) is 8.29. The summed E-state index contributed by atoms with van der Waals surface area (Å²) in [6, 6.07) is 14.4. The second-order valence-corrected chi connectivity index (χ2v) is 5.97. The molecule has 0 radical (unpaired) electrons. The number of carbonyl (C=O) groups excluding carboxylic acids is 1. The van der Waals surface area contributed by atoms with Crippen molar-refractivity contribution < 1.29 is 14.3 Å². The molecular formula is C19H18ClN3O3. The van der Waals surface area contributed by atoms with Gasteiger partial charge in [0.2, 0.25) is 0 Å². The number of nitrogens with zero attached hydrogens (tertiary/aromatic N) is 1. The zero-order valence-corrected chi connectivity index (χ0v) is 15.1. The van der Waals surface area contributed by atoms with E-state index >= 15 is 0 Å². The lowest BCUT2D eigenvalue weighted by Gasteiger charge is -2.10. The Morgan fingerprint density at radius 3 is 2.69 bits per heavy atom. The van der Waals surface area contributed by atoms with E-state index < -0.39 is 0 Å². The Hall–Kier alpha value is -2.99. The zero-order valence-electron chi connectivity index (χ0n) is 14.4. The number of ether oxygens (including phenoxy) is 2. The Morgan fingerprint density at radius 1 is 1.15 bits per heavy atom. The van der Waals surface area contributed by atoms with Crippen LogP contribution in [0.5, 0.6) is 11.5 Å². The maximum absolute atomic E-state index is 12.5. The van der Waals surface area contributed by atoms with Gasteiger partial charge in [-0.1, -0.05) is 29.8 Å². The molecule has 1 aromatic heterocycles. The average molecular weight is 372 g/mol. The molecule has 26 heavy (non-hydrogen) atoms. The van der Waals surface area contributed by atoms with Gasteiger partial charge in [-0.25, -0.2) is 0 Å². The molecule has 0 unspecified atom stereocenters. The summed E-state index contributed by atoms with van der Waals surface area (Å²) < 4.78 is 10.4. The molecular weight excluding hydrogens is 354 g/mol. The minimum absolute atomic E-state index is 0.275. The van der Waals surface area contributed by atoms with Gasteiger partial charge in [-0.05, 0) is 29.8 Å². The Morgan fingerprint density at radius 2 is 1.96 bits per heavy atom. The summed E-state index contributed by atoms with van der Waals surface area (Å²) in [7, 11) is 3.09. The summed E-state index contributed by atoms with van der Waals surface area (Å²) in [5.41, 5.74) is 2.53. The number of carbonyl (C=O) groups is 1. The minimum atomic E-state index is -0.349. The van der Waals surface area contributed by atoms with E-state index in [1.54, 1.807) is 31.4 Å². The molecule has 0 fully saturated rings. The van der Waals surface area contributed by atoms with Crippen molar-refractivity contribution in [1.82, 2.24) is 10.2 Å². The lowest BCUT2D eigenvalue weighted by atomic mass is 10.1. The zero-order chi connectivity index (χ0) is 18.5. The van der Waals surface area contributed by atoms with Crippen LogP contribution in [0.1, 0.15) is 21.7 Å². The quantitative estimate of drug-likeness (QED) is 0.688. The SMILES string of the molecule is COc1ccc(OC)c(NC(=O)c2cc(Cc3ccccc3Cl)[nH]n2)c1. The van der Waals surface area contributed by atoms with Gasteiger partial charge in [0.15, 0.2) is 5.69 Å². The van der Waals surface area contributed by atoms with Gasteiger partial charge in [0.05, 0.1) is 19.9 Å². The first-order valence-electron chi connectivity index (χ1n) is 7.91. The highest BCUT2D eigenvalue weighted by molar-refractivity contribution is 6.31. The minimum Gasteiger partial charge on any atom is -0.497 e. The van der Waals surface area contributed by atoms with E-state index in [-0.39, 0.29) is 11.6 Å². The van der Waals surface area contributed by atoms with Crippen molar-refractivity contribution >= 4 is 23.2 Å². The molecule has 0 aliphatic heterocycles. The van der Waals surface area contributed by atoms with E-state index in [4.69, 9.17) is 21.1 Å². The van der Waals surface area contributed by atoms with Gasteiger partial charge in [-0.2, -0.15) is 5.10 Å². The summed E-state index contributed by atoms with van der Waals surface area (Å²) in [6.07, 6.45) is 0.558. The number of H-pyrrole nitrogens is 1. The van der Waals surface area contributed by atoms with Gasteiger partial charge < -0.3 is 14.8 Å². The maximum atomic E-state index is 12.5. The van der Waals surface area contributed by atoms with E-state index in [2.05, 4.69) is 15.5 Å². The van der Waals surface area contributed by atoms with Crippen molar-refractivity contribution in [1.29, 1.82) is 0 Å². The lowest BCUT2D eigenvalue weighted by Crippen LogP contribution is -2.13. The van der Waals surface area contributed by atoms with Gasteiger partial charge >= 0.3 is 0 Å². The van der Waals surface area contributed by atoms with Gasteiger partial charge in [-0.15, -0.1) is 0 Å². The van der Waals surface area contributed by atoms with Crippen molar-refractivity contribution in [2.75, 3.05) is 19.5 Å². The highest BCUT2D eigenvalue weighted by Crippen LogP contribution is 2.29. The predicted molar refractivity (Wildman–Crippen MR) is 100 cm³/mol. The van der Waals surface area contributed by atoms with Crippen LogP contribution in [0, 0.1) is 0 Å². The smallest absolute Gasteiger partial charge is 0.276 e. The Balaban J connectivity index is 1.75. The molecule has 0 saturated carbocycles. The van der Waals surface area contributed by atoms with Crippen LogP contribution < -0.4 is 14.8 Å². The normalized spacial score (nSPS) is 10.4. The topological polar surface area (TPSA) is 76.2 Å². The van der Waals surface area contributed by atoms with Crippen molar-refractivity contribution in [3.05, 3.63) is 70.5 Å². The molecule has 0 bridgehead atoms. The summed E-state index contributed by atoms with van der Waals surface area (Å²) in [4.78, 5) is 12.5. The first-order chi connectivity index (χ1) is 12.6. The highest BCUT2D eigenvalue weighted by Gasteiger charge is 2.14. The second kappa shape index (κ2) is 7.93. The lowest BCUT2D eigenvalue weighted by molar-refractivity contribution is 0.102. The Labute approximate surface area is 156 Å². The molecule has 1 heterocycles. The Kier molecular flexibility index (Phi) is 5.43. The number of halogens is 1. The van der Waals surface area contributed by atoms with Gasteiger partial charge in [0.1, 0.15) is 11.5 Å². The van der Waals surface area contributed by atoms with Gasteiger partial charge in [-0.3, -0.25) is 9.89 Å². The number of nitrogens with one attached hydrogen (secondary N) is 2. The summed E-state index contributed by atoms with van der Waals surface area (Å²) >= 11 is 6.17. The number of amides is 1. The van der Waals surface area contributed by atoms with Crippen molar-refractivity contribution in [2.45, 2.75) is 6.42 Å². The third-order valence-electron chi connectivity index (χ3n) is 3.86. The number of methoxy groups -OCH3 is 2. The highest BCUT2D eigenvalue weighted by atomic mass is 35.5. The van der Waals surface area contributed by atoms with Crippen LogP contribution in [-0.4, -0.2) is 30.3 Å². The van der Waals surface area contributed by atoms with E-state index in [1.807, 2.05) is 24.3 Å². The molecule has 0 aliphatic rings. The largest absolute Gasteiger partial charge is 0.497 e. The van der Waals surface area contributed by atoms with Crippen LogP contribution in [0.3, 0.4) is 0 Å². The van der Waals surface area contributed by atoms with Crippen LogP contribution in [-0.2, 0) is 6.42 Å². The van der Waals surface area contributed by atoms with E-state index in [1.165, 1.54) is 7.11 Å². The fraction of sp³-hybridized carbons (Fsp3) is 0.158. The number of aromatic nitrogens is 2. The Bertz CT molecular complexity index is 924. The standard InChI is InChI=1S/C19H18ClN3O3/c1-25-14-7-8-18(26-2)16(11-14)21-19(24)17-10-13(22-23-17)9-12-5-3-4-6-15(12)20/h3-8,10-11H,9H2,1-2H3,(H,21,24)(H,22,23). The number of hydrogen-bond acceptors (Lipinski definition) is 4. The van der Waals surface area contributed by atoms with E-state index in [0.29, 0.717) is 28.6 Å². The molecule has 0 aliphatic carbocycles. The predicted octanol–water partition coefficient (Wildman–Crippen LogP) is 3.92. The van der Waals surface area contributed by atoms with Gasteiger partial charge in [0, 0.05) is 23.2 Å². The van der Waals surface area contributed by atoms with Crippen LogP contribution in [0.15, 0.2) is 48.5 Å². The summed E-state index contributed by atoms with van der Waals surface area (Å²) in [5, 5.41) is 10.4. The number of rotatable bonds is 6. The molecule has 3 rings (SSSR count). The molecule has 7 heteroatoms. The number of hydrogen-bond donors (Lipinski definition) is 2. The first kappa shape index (κ1) is 17.8. The van der Waals surface area contributed by atoms with Crippen molar-refractivity contribution in [2.24, 2.45) is 0 Å². The van der Waals surface area contributed by atoms with Crippen LogP contribution >= 0.6 is 11.6 Å². The van der Waals surface area contributed by atoms with E-state index in [9.17, 15) is 4.79 Å². The molecule has 134 valence electrons. The van der Waals surface area contributed by atoms with E-state index in [0.717, 1.165) is 11.3 Å². The third kappa shape index (κ3) is 3.97. The fourth-order valence-electron chi connectivity index (χ4n) is 2.51. The second-order valence-electron chi connectivity index (χ2n) is 5.57. The number of benzene rings is 2. The monoisotopic (exact) mass is 371 g/mol. The van der Waals surface area contributed by atoms with Crippen molar-refractivity contribution in [3.63, 3.8) is 0 Å². The fourth-order valence-corrected chi connectivity index (χ4v) is 2.72. The summed E-state index contributed by atoms with van der Waals surface area (Å²) in [6.45, 7) is 0. The summed E-state index contributed by atoms with van der Waals surface area (Å²) in [5.74, 6) is 0.798. The third-order valence-corrected chi connectivity index (χ3v) is 4.23. The molecule has 0 spiro atoms. The van der Waals surface area contributed by atoms with Crippen LogP contribution in [0.2, 0.25) is 5.02 Å². The molecule has 2 N–H and O–H groups in total.